The monoisotopic (exact) mass is 353 g/mol. The molecule has 0 aromatic heterocycles. The van der Waals surface area contributed by atoms with Gasteiger partial charge in [-0.15, -0.1) is 0 Å². The van der Waals surface area contributed by atoms with Gasteiger partial charge in [-0.3, -0.25) is 9.59 Å². The van der Waals surface area contributed by atoms with Crippen LogP contribution >= 0.6 is 0 Å². The Morgan fingerprint density at radius 1 is 0.962 bits per heavy atom. The lowest BCUT2D eigenvalue weighted by Crippen LogP contribution is -2.18. The molecule has 0 radical (unpaired) electrons. The summed E-state index contributed by atoms with van der Waals surface area (Å²) in [6.45, 7) is 6.70. The molecule has 0 heterocycles. The largest absolute Gasteiger partial charge is 0.461 e. The third kappa shape index (κ3) is 6.03. The molecule has 1 atom stereocenters. The Kier molecular flexibility index (Phi) is 6.56. The second kappa shape index (κ2) is 8.65. The summed E-state index contributed by atoms with van der Waals surface area (Å²) in [7, 11) is 0. The van der Waals surface area contributed by atoms with Crippen LogP contribution in [0.4, 0.5) is 0 Å². The first kappa shape index (κ1) is 19.7. The molecule has 0 unspecified atom stereocenters. The summed E-state index contributed by atoms with van der Waals surface area (Å²) >= 11 is 0. The molecule has 0 aliphatic heterocycles. The van der Waals surface area contributed by atoms with Crippen LogP contribution in [0.1, 0.15) is 56.2 Å². The van der Waals surface area contributed by atoms with Gasteiger partial charge in [-0.2, -0.15) is 0 Å². The van der Waals surface area contributed by atoms with Crippen LogP contribution in [0.15, 0.2) is 54.6 Å². The van der Waals surface area contributed by atoms with Crippen LogP contribution in [-0.4, -0.2) is 11.9 Å². The highest BCUT2D eigenvalue weighted by Gasteiger charge is 2.19. The first-order valence-corrected chi connectivity index (χ1v) is 8.84. The van der Waals surface area contributed by atoms with E-state index in [1.165, 1.54) is 5.56 Å². The number of carbonyl (C=O) groups excluding carboxylic acids is 2. The molecule has 0 aliphatic rings. The predicted octanol–water partition coefficient (Wildman–Crippen LogP) is 4.08. The molecule has 0 aliphatic carbocycles. The summed E-state index contributed by atoms with van der Waals surface area (Å²) in [4.78, 5) is 23.6. The van der Waals surface area contributed by atoms with Gasteiger partial charge in [0.15, 0.2) is 0 Å². The van der Waals surface area contributed by atoms with Crippen molar-refractivity contribution in [1.29, 1.82) is 0 Å². The summed E-state index contributed by atoms with van der Waals surface area (Å²) in [5.74, 6) is -1.02. The fourth-order valence-corrected chi connectivity index (χ4v) is 2.80. The number of nitrogens with two attached hydrogens (primary N) is 1. The minimum atomic E-state index is -0.426. The van der Waals surface area contributed by atoms with Crippen molar-refractivity contribution in [2.45, 2.75) is 51.6 Å². The van der Waals surface area contributed by atoms with E-state index in [4.69, 9.17) is 10.5 Å². The van der Waals surface area contributed by atoms with Crippen LogP contribution in [0.3, 0.4) is 0 Å². The smallest absolute Gasteiger partial charge is 0.306 e. The molecule has 2 N–H and O–H groups in total. The van der Waals surface area contributed by atoms with Gasteiger partial charge in [0, 0.05) is 12.3 Å². The minimum absolute atomic E-state index is 0.0902. The van der Waals surface area contributed by atoms with E-state index in [0.717, 1.165) is 11.1 Å². The van der Waals surface area contributed by atoms with Gasteiger partial charge >= 0.3 is 5.97 Å². The SMILES string of the molecule is CC(C)(C)c1ccc(COC(=O)C[C@@H](CC(N)=O)c2ccccc2)cc1. The zero-order chi connectivity index (χ0) is 19.2. The van der Waals surface area contributed by atoms with Crippen molar-refractivity contribution in [3.63, 3.8) is 0 Å². The molecule has 2 aromatic rings. The van der Waals surface area contributed by atoms with Gasteiger partial charge in [-0.1, -0.05) is 75.4 Å². The van der Waals surface area contributed by atoms with Gasteiger partial charge in [0.25, 0.3) is 0 Å². The lowest BCUT2D eigenvalue weighted by atomic mass is 9.87. The first-order valence-electron chi connectivity index (χ1n) is 8.84. The number of primary amides is 1. The number of carbonyl (C=O) groups is 2. The van der Waals surface area contributed by atoms with Crippen molar-refractivity contribution in [2.24, 2.45) is 5.73 Å². The van der Waals surface area contributed by atoms with Gasteiger partial charge in [0.05, 0.1) is 6.42 Å². The molecule has 2 aromatic carbocycles. The van der Waals surface area contributed by atoms with Crippen LogP contribution in [0, 0.1) is 0 Å². The van der Waals surface area contributed by atoms with E-state index in [0.29, 0.717) is 0 Å². The molecule has 1 amide bonds. The van der Waals surface area contributed by atoms with Gasteiger partial charge in [-0.25, -0.2) is 0 Å². The van der Waals surface area contributed by atoms with Crippen LogP contribution in [0.2, 0.25) is 0 Å². The van der Waals surface area contributed by atoms with Crippen molar-refractivity contribution in [3.8, 4) is 0 Å². The van der Waals surface area contributed by atoms with Crippen molar-refractivity contribution in [3.05, 3.63) is 71.3 Å². The molecular formula is C22H27NO3. The second-order valence-electron chi connectivity index (χ2n) is 7.59. The molecule has 4 heteroatoms. The molecule has 0 spiro atoms. The lowest BCUT2D eigenvalue weighted by Gasteiger charge is -2.19. The quantitative estimate of drug-likeness (QED) is 0.763. The Labute approximate surface area is 155 Å². The van der Waals surface area contributed by atoms with E-state index in [9.17, 15) is 9.59 Å². The molecule has 4 nitrogen and oxygen atoms in total. The maximum atomic E-state index is 12.2. The number of hydrogen-bond acceptors (Lipinski definition) is 3. The summed E-state index contributed by atoms with van der Waals surface area (Å²) in [5.41, 5.74) is 8.51. The Hall–Kier alpha value is -2.62. The van der Waals surface area contributed by atoms with Crippen molar-refractivity contribution in [1.82, 2.24) is 0 Å². The molecule has 0 saturated carbocycles. The Balaban J connectivity index is 1.94. The Morgan fingerprint density at radius 2 is 1.58 bits per heavy atom. The molecule has 138 valence electrons. The highest BCUT2D eigenvalue weighted by molar-refractivity contribution is 5.77. The van der Waals surface area contributed by atoms with Crippen LogP contribution in [0.5, 0.6) is 0 Å². The fourth-order valence-electron chi connectivity index (χ4n) is 2.80. The van der Waals surface area contributed by atoms with Crippen molar-refractivity contribution < 1.29 is 14.3 Å². The molecule has 2 rings (SSSR count). The maximum Gasteiger partial charge on any atom is 0.306 e. The van der Waals surface area contributed by atoms with Gasteiger partial charge < -0.3 is 10.5 Å². The first-order chi connectivity index (χ1) is 12.3. The summed E-state index contributed by atoms with van der Waals surface area (Å²) in [5, 5.41) is 0. The maximum absolute atomic E-state index is 12.2. The van der Waals surface area contributed by atoms with Gasteiger partial charge in [0.1, 0.15) is 6.61 Å². The van der Waals surface area contributed by atoms with Crippen LogP contribution in [0.25, 0.3) is 0 Å². The number of amides is 1. The van der Waals surface area contributed by atoms with Crippen molar-refractivity contribution >= 4 is 11.9 Å². The molecule has 26 heavy (non-hydrogen) atoms. The summed E-state index contributed by atoms with van der Waals surface area (Å²) in [6.07, 6.45) is 0.256. The zero-order valence-electron chi connectivity index (χ0n) is 15.7. The highest BCUT2D eigenvalue weighted by atomic mass is 16.5. The highest BCUT2D eigenvalue weighted by Crippen LogP contribution is 2.25. The van der Waals surface area contributed by atoms with Gasteiger partial charge in [0.2, 0.25) is 5.91 Å². The Morgan fingerprint density at radius 3 is 2.12 bits per heavy atom. The fraction of sp³-hybridized carbons (Fsp3) is 0.364. The van der Waals surface area contributed by atoms with E-state index in [-0.39, 0.29) is 36.8 Å². The lowest BCUT2D eigenvalue weighted by molar-refractivity contribution is -0.145. The summed E-state index contributed by atoms with van der Waals surface area (Å²) in [6, 6.07) is 17.5. The molecule has 0 saturated heterocycles. The third-order valence-electron chi connectivity index (χ3n) is 4.35. The number of rotatable bonds is 7. The number of ether oxygens (including phenoxy) is 1. The van der Waals surface area contributed by atoms with E-state index < -0.39 is 5.91 Å². The van der Waals surface area contributed by atoms with Crippen LogP contribution in [-0.2, 0) is 26.3 Å². The van der Waals surface area contributed by atoms with E-state index in [1.54, 1.807) is 0 Å². The minimum Gasteiger partial charge on any atom is -0.461 e. The van der Waals surface area contributed by atoms with E-state index in [1.807, 2.05) is 42.5 Å². The average Bonchev–Trinajstić information content (AvgIpc) is 2.59. The van der Waals surface area contributed by atoms with E-state index in [2.05, 4.69) is 32.9 Å². The Bertz CT molecular complexity index is 730. The van der Waals surface area contributed by atoms with Crippen LogP contribution < -0.4 is 5.73 Å². The second-order valence-corrected chi connectivity index (χ2v) is 7.59. The third-order valence-corrected chi connectivity index (χ3v) is 4.35. The number of esters is 1. The molecule has 0 fully saturated rings. The van der Waals surface area contributed by atoms with Crippen molar-refractivity contribution in [2.75, 3.05) is 0 Å². The predicted molar refractivity (Wildman–Crippen MR) is 103 cm³/mol. The zero-order valence-corrected chi connectivity index (χ0v) is 15.7. The molecule has 0 bridgehead atoms. The summed E-state index contributed by atoms with van der Waals surface area (Å²) < 4.78 is 5.40. The van der Waals surface area contributed by atoms with E-state index >= 15 is 0 Å². The number of hydrogen-bond donors (Lipinski definition) is 1. The van der Waals surface area contributed by atoms with Gasteiger partial charge in [-0.05, 0) is 22.1 Å². The standard InChI is InChI=1S/C22H27NO3/c1-22(2,3)19-11-9-16(10-12-19)15-26-21(25)14-18(13-20(23)24)17-7-5-4-6-8-17/h4-12,18H,13-15H2,1-3H3,(H2,23,24)/t18-/m1/s1. The molecular weight excluding hydrogens is 326 g/mol. The normalized spacial score (nSPS) is 12.4. The topological polar surface area (TPSA) is 69.4 Å². The average molecular weight is 353 g/mol. The number of benzene rings is 2.